The van der Waals surface area contributed by atoms with E-state index in [4.69, 9.17) is 0 Å². The Hall–Kier alpha value is -1.99. The number of aromatic nitrogens is 1. The second kappa shape index (κ2) is 11.8. The molecule has 0 aliphatic carbocycles. The zero-order valence-corrected chi connectivity index (χ0v) is 21.3. The van der Waals surface area contributed by atoms with Crippen molar-refractivity contribution < 1.29 is 9.59 Å². The lowest BCUT2D eigenvalue weighted by molar-refractivity contribution is -0.143. The minimum absolute atomic E-state index is 0.175. The third-order valence-corrected chi connectivity index (χ3v) is 8.87. The highest BCUT2D eigenvalue weighted by atomic mass is 16.2. The van der Waals surface area contributed by atoms with E-state index in [1.807, 2.05) is 23.2 Å². The van der Waals surface area contributed by atoms with Gasteiger partial charge in [0.25, 0.3) is 0 Å². The van der Waals surface area contributed by atoms with Crippen LogP contribution in [0.5, 0.6) is 0 Å². The summed E-state index contributed by atoms with van der Waals surface area (Å²) in [5.74, 6) is 1.49. The molecule has 1 atom stereocenters. The van der Waals surface area contributed by atoms with Gasteiger partial charge in [0.2, 0.25) is 11.8 Å². The summed E-state index contributed by atoms with van der Waals surface area (Å²) in [6.45, 7) is 8.23. The fourth-order valence-electron chi connectivity index (χ4n) is 6.77. The first-order chi connectivity index (χ1) is 17.2. The molecule has 7 heteroatoms. The van der Waals surface area contributed by atoms with Gasteiger partial charge in [0.1, 0.15) is 0 Å². The molecule has 0 spiro atoms. The van der Waals surface area contributed by atoms with E-state index in [-0.39, 0.29) is 5.92 Å². The highest BCUT2D eigenvalue weighted by Gasteiger charge is 2.38. The summed E-state index contributed by atoms with van der Waals surface area (Å²) in [4.78, 5) is 39.8. The maximum absolute atomic E-state index is 13.7. The lowest BCUT2D eigenvalue weighted by atomic mass is 9.82. The van der Waals surface area contributed by atoms with Gasteiger partial charge in [-0.1, -0.05) is 6.07 Å². The quantitative estimate of drug-likeness (QED) is 0.625. The number of nitrogens with zero attached hydrogens (tertiary/aromatic N) is 5. The lowest BCUT2D eigenvalue weighted by Gasteiger charge is -2.45. The molecule has 4 aliphatic rings. The SMILES string of the molecule is O=C(CN1CCC(C2CCCCN2C(=O)C2CCN(Cc3ccccn3)CC2)CC1)N1CCCC1. The van der Waals surface area contributed by atoms with Crippen molar-refractivity contribution >= 4 is 11.8 Å². The maximum Gasteiger partial charge on any atom is 0.236 e. The van der Waals surface area contributed by atoms with E-state index in [0.29, 0.717) is 30.3 Å². The summed E-state index contributed by atoms with van der Waals surface area (Å²) in [5.41, 5.74) is 1.11. The summed E-state index contributed by atoms with van der Waals surface area (Å²) in [5, 5.41) is 0. The molecule has 1 aromatic heterocycles. The molecule has 5 rings (SSSR count). The molecule has 2 amide bonds. The van der Waals surface area contributed by atoms with Crippen LogP contribution in [0.4, 0.5) is 0 Å². The number of amides is 2. The molecule has 0 N–H and O–H groups in total. The van der Waals surface area contributed by atoms with Crippen LogP contribution in [-0.2, 0) is 16.1 Å². The average molecular weight is 482 g/mol. The highest BCUT2D eigenvalue weighted by Crippen LogP contribution is 2.33. The monoisotopic (exact) mass is 481 g/mol. The molecule has 4 aliphatic heterocycles. The van der Waals surface area contributed by atoms with Crippen LogP contribution in [0.2, 0.25) is 0 Å². The van der Waals surface area contributed by atoms with Crippen LogP contribution in [-0.4, -0.2) is 94.8 Å². The fraction of sp³-hybridized carbons (Fsp3) is 0.750. The second-order valence-electron chi connectivity index (χ2n) is 11.2. The van der Waals surface area contributed by atoms with Gasteiger partial charge >= 0.3 is 0 Å². The molecule has 35 heavy (non-hydrogen) atoms. The average Bonchev–Trinajstić information content (AvgIpc) is 3.45. The molecule has 7 nitrogen and oxygen atoms in total. The summed E-state index contributed by atoms with van der Waals surface area (Å²) < 4.78 is 0. The zero-order valence-electron chi connectivity index (χ0n) is 21.3. The van der Waals surface area contributed by atoms with Crippen molar-refractivity contribution in [2.75, 3.05) is 52.4 Å². The minimum Gasteiger partial charge on any atom is -0.342 e. The smallest absolute Gasteiger partial charge is 0.236 e. The van der Waals surface area contributed by atoms with Crippen molar-refractivity contribution in [3.05, 3.63) is 30.1 Å². The number of pyridine rings is 1. The standard InChI is InChI=1S/C28H43N5O2/c34-27(32-14-5-6-15-32)22-31-17-9-23(10-18-31)26-8-2-4-16-33(26)28(35)24-11-19-30(20-12-24)21-25-7-1-3-13-29-25/h1,3,7,13,23-24,26H,2,4-6,8-12,14-22H2. The van der Waals surface area contributed by atoms with E-state index in [1.54, 1.807) is 0 Å². The molecular formula is C28H43N5O2. The second-order valence-corrected chi connectivity index (χ2v) is 11.2. The van der Waals surface area contributed by atoms with Gasteiger partial charge in [-0.3, -0.25) is 24.4 Å². The normalized spacial score (nSPS) is 25.8. The van der Waals surface area contributed by atoms with Crippen LogP contribution in [0, 0.1) is 11.8 Å². The van der Waals surface area contributed by atoms with Gasteiger partial charge in [-0.05, 0) is 102 Å². The Morgan fingerprint density at radius 3 is 2.23 bits per heavy atom. The number of likely N-dealkylation sites (tertiary alicyclic amines) is 4. The summed E-state index contributed by atoms with van der Waals surface area (Å²) in [6.07, 6.45) is 11.9. The Labute approximate surface area is 210 Å². The third-order valence-electron chi connectivity index (χ3n) is 8.87. The molecule has 0 radical (unpaired) electrons. The van der Waals surface area contributed by atoms with E-state index in [9.17, 15) is 9.59 Å². The lowest BCUT2D eigenvalue weighted by Crippen LogP contribution is -2.53. The zero-order chi connectivity index (χ0) is 24.0. The van der Waals surface area contributed by atoms with E-state index < -0.39 is 0 Å². The van der Waals surface area contributed by atoms with E-state index in [1.165, 1.54) is 6.42 Å². The van der Waals surface area contributed by atoms with Crippen LogP contribution in [0.25, 0.3) is 0 Å². The molecule has 0 saturated carbocycles. The largest absolute Gasteiger partial charge is 0.342 e. The van der Waals surface area contributed by atoms with Crippen molar-refractivity contribution in [3.8, 4) is 0 Å². The highest BCUT2D eigenvalue weighted by molar-refractivity contribution is 5.79. The molecule has 192 valence electrons. The predicted octanol–water partition coefficient (Wildman–Crippen LogP) is 3.01. The Bertz CT molecular complexity index is 827. The minimum atomic E-state index is 0.175. The first-order valence-electron chi connectivity index (χ1n) is 14.1. The fourth-order valence-corrected chi connectivity index (χ4v) is 6.77. The predicted molar refractivity (Wildman–Crippen MR) is 137 cm³/mol. The van der Waals surface area contributed by atoms with Crippen molar-refractivity contribution in [2.45, 2.75) is 70.4 Å². The van der Waals surface area contributed by atoms with Crippen LogP contribution in [0.15, 0.2) is 24.4 Å². The van der Waals surface area contributed by atoms with Crippen LogP contribution >= 0.6 is 0 Å². The van der Waals surface area contributed by atoms with Gasteiger partial charge < -0.3 is 9.80 Å². The van der Waals surface area contributed by atoms with Crippen molar-refractivity contribution in [2.24, 2.45) is 11.8 Å². The van der Waals surface area contributed by atoms with Gasteiger partial charge in [-0.25, -0.2) is 0 Å². The number of hydrogen-bond acceptors (Lipinski definition) is 5. The number of carbonyl (C=O) groups is 2. The molecule has 4 fully saturated rings. The number of hydrogen-bond donors (Lipinski definition) is 0. The van der Waals surface area contributed by atoms with Crippen LogP contribution in [0.1, 0.15) is 63.5 Å². The Morgan fingerprint density at radius 2 is 1.51 bits per heavy atom. The summed E-state index contributed by atoms with van der Waals surface area (Å²) in [6, 6.07) is 6.49. The molecule has 1 unspecified atom stereocenters. The van der Waals surface area contributed by atoms with E-state index in [2.05, 4.69) is 25.8 Å². The first kappa shape index (κ1) is 24.7. The maximum atomic E-state index is 13.7. The number of carbonyl (C=O) groups excluding carboxylic acids is 2. The Balaban J connectivity index is 1.10. The Kier molecular flexibility index (Phi) is 8.35. The topological polar surface area (TPSA) is 60.0 Å². The molecular weight excluding hydrogens is 438 g/mol. The molecule has 0 aromatic carbocycles. The van der Waals surface area contributed by atoms with Gasteiger partial charge in [0, 0.05) is 44.3 Å². The van der Waals surface area contributed by atoms with E-state index in [0.717, 1.165) is 109 Å². The molecule has 5 heterocycles. The van der Waals surface area contributed by atoms with Gasteiger partial charge in [0.15, 0.2) is 0 Å². The molecule has 1 aromatic rings. The third kappa shape index (κ3) is 6.23. The Morgan fingerprint density at radius 1 is 0.800 bits per heavy atom. The molecule has 4 saturated heterocycles. The molecule has 0 bridgehead atoms. The van der Waals surface area contributed by atoms with Crippen molar-refractivity contribution in [1.82, 2.24) is 24.6 Å². The van der Waals surface area contributed by atoms with E-state index >= 15 is 0 Å². The van der Waals surface area contributed by atoms with Gasteiger partial charge in [0.05, 0.1) is 12.2 Å². The first-order valence-corrected chi connectivity index (χ1v) is 14.1. The number of rotatable bonds is 6. The van der Waals surface area contributed by atoms with Crippen LogP contribution in [0.3, 0.4) is 0 Å². The summed E-state index contributed by atoms with van der Waals surface area (Å²) >= 11 is 0. The summed E-state index contributed by atoms with van der Waals surface area (Å²) in [7, 11) is 0. The van der Waals surface area contributed by atoms with Crippen molar-refractivity contribution in [3.63, 3.8) is 0 Å². The van der Waals surface area contributed by atoms with Gasteiger partial charge in [-0.15, -0.1) is 0 Å². The van der Waals surface area contributed by atoms with Crippen molar-refractivity contribution in [1.29, 1.82) is 0 Å². The van der Waals surface area contributed by atoms with Crippen LogP contribution < -0.4 is 0 Å². The number of piperidine rings is 3. The van der Waals surface area contributed by atoms with Gasteiger partial charge in [-0.2, -0.15) is 0 Å².